The Hall–Kier alpha value is -3.07. The zero-order chi connectivity index (χ0) is 21.8. The normalized spacial score (nSPS) is 16.0. The van der Waals surface area contributed by atoms with Crippen LogP contribution in [0.4, 0.5) is 20.2 Å². The molecule has 1 fully saturated rings. The highest BCUT2D eigenvalue weighted by Crippen LogP contribution is 2.40. The molecule has 160 valence electrons. The first kappa shape index (κ1) is 21.6. The summed E-state index contributed by atoms with van der Waals surface area (Å²) in [5.74, 6) is -0.912. The molecule has 1 aliphatic rings. The Kier molecular flexibility index (Phi) is 6.61. The SMILES string of the molecule is COc1cc(OC)c(N2CC(C(=O)Nc3ccccc3OC(F)F)CC2=O)cc1Cl. The second-order valence-electron chi connectivity index (χ2n) is 6.43. The molecule has 2 aromatic carbocycles. The van der Waals surface area contributed by atoms with E-state index in [2.05, 4.69) is 10.1 Å². The van der Waals surface area contributed by atoms with Crippen LogP contribution in [0.3, 0.4) is 0 Å². The molecule has 1 unspecified atom stereocenters. The molecule has 3 rings (SSSR count). The fraction of sp³-hybridized carbons (Fsp3) is 0.300. The summed E-state index contributed by atoms with van der Waals surface area (Å²) in [7, 11) is 2.90. The number of hydrogen-bond acceptors (Lipinski definition) is 5. The Morgan fingerprint density at radius 3 is 2.53 bits per heavy atom. The molecular weight excluding hydrogens is 422 g/mol. The van der Waals surface area contributed by atoms with Gasteiger partial charge in [0.25, 0.3) is 0 Å². The van der Waals surface area contributed by atoms with E-state index < -0.39 is 18.4 Å². The first-order valence-electron chi connectivity index (χ1n) is 8.90. The summed E-state index contributed by atoms with van der Waals surface area (Å²) in [5.41, 5.74) is 0.504. The number of amides is 2. The van der Waals surface area contributed by atoms with Crippen LogP contribution in [0.5, 0.6) is 17.2 Å². The van der Waals surface area contributed by atoms with Crippen molar-refractivity contribution >= 4 is 34.8 Å². The molecule has 1 heterocycles. The van der Waals surface area contributed by atoms with Crippen LogP contribution in [-0.2, 0) is 9.59 Å². The lowest BCUT2D eigenvalue weighted by molar-refractivity contribution is -0.122. The minimum Gasteiger partial charge on any atom is -0.495 e. The molecular formula is C20H19ClF2N2O5. The van der Waals surface area contributed by atoms with Gasteiger partial charge in [-0.3, -0.25) is 9.59 Å². The third kappa shape index (κ3) is 4.56. The monoisotopic (exact) mass is 440 g/mol. The second kappa shape index (κ2) is 9.17. The van der Waals surface area contributed by atoms with E-state index in [1.54, 1.807) is 12.1 Å². The van der Waals surface area contributed by atoms with Crippen molar-refractivity contribution < 1.29 is 32.6 Å². The number of nitrogens with zero attached hydrogens (tertiary/aromatic N) is 1. The van der Waals surface area contributed by atoms with Gasteiger partial charge in [-0.25, -0.2) is 0 Å². The molecule has 0 aliphatic carbocycles. The van der Waals surface area contributed by atoms with E-state index in [1.165, 1.54) is 43.4 Å². The third-order valence-electron chi connectivity index (χ3n) is 4.60. The van der Waals surface area contributed by atoms with Gasteiger partial charge in [-0.2, -0.15) is 8.78 Å². The molecule has 1 aliphatic heterocycles. The number of nitrogens with one attached hydrogen (secondary N) is 1. The van der Waals surface area contributed by atoms with Crippen molar-refractivity contribution in [3.05, 3.63) is 41.4 Å². The highest BCUT2D eigenvalue weighted by molar-refractivity contribution is 6.32. The van der Waals surface area contributed by atoms with E-state index in [0.29, 0.717) is 17.2 Å². The summed E-state index contributed by atoms with van der Waals surface area (Å²) >= 11 is 6.18. The van der Waals surface area contributed by atoms with Crippen molar-refractivity contribution in [3.8, 4) is 17.2 Å². The van der Waals surface area contributed by atoms with Gasteiger partial charge in [0.2, 0.25) is 11.8 Å². The van der Waals surface area contributed by atoms with Crippen LogP contribution < -0.4 is 24.4 Å². The summed E-state index contributed by atoms with van der Waals surface area (Å²) in [4.78, 5) is 26.7. The number of para-hydroxylation sites is 2. The standard InChI is InChI=1S/C20H19ClF2N2O5/c1-28-16-9-17(29-2)14(8-12(16)21)25-10-11(7-18(25)26)19(27)24-13-5-3-4-6-15(13)30-20(22)23/h3-6,8-9,11,20H,7,10H2,1-2H3,(H,24,27). The molecule has 1 N–H and O–H groups in total. The fourth-order valence-electron chi connectivity index (χ4n) is 3.17. The first-order valence-corrected chi connectivity index (χ1v) is 9.28. The lowest BCUT2D eigenvalue weighted by atomic mass is 10.1. The predicted molar refractivity (Wildman–Crippen MR) is 107 cm³/mol. The van der Waals surface area contributed by atoms with Crippen molar-refractivity contribution in [3.63, 3.8) is 0 Å². The number of alkyl halides is 2. The molecule has 2 aromatic rings. The molecule has 1 atom stereocenters. The van der Waals surface area contributed by atoms with E-state index in [-0.39, 0.29) is 35.3 Å². The topological polar surface area (TPSA) is 77.1 Å². The molecule has 0 saturated carbocycles. The zero-order valence-electron chi connectivity index (χ0n) is 16.2. The van der Waals surface area contributed by atoms with Gasteiger partial charge in [0.15, 0.2) is 0 Å². The lowest BCUT2D eigenvalue weighted by Crippen LogP contribution is -2.28. The molecule has 1 saturated heterocycles. The number of ether oxygens (including phenoxy) is 3. The minimum atomic E-state index is -3.03. The van der Waals surface area contributed by atoms with Gasteiger partial charge in [0.1, 0.15) is 17.2 Å². The number of carbonyl (C=O) groups excluding carboxylic acids is 2. The Bertz CT molecular complexity index is 957. The summed E-state index contributed by atoms with van der Waals surface area (Å²) < 4.78 is 40.0. The second-order valence-corrected chi connectivity index (χ2v) is 6.84. The fourth-order valence-corrected chi connectivity index (χ4v) is 3.41. The van der Waals surface area contributed by atoms with Crippen LogP contribution in [0.1, 0.15) is 6.42 Å². The molecule has 10 heteroatoms. The number of carbonyl (C=O) groups is 2. The largest absolute Gasteiger partial charge is 0.495 e. The maximum absolute atomic E-state index is 12.7. The lowest BCUT2D eigenvalue weighted by Gasteiger charge is -2.21. The van der Waals surface area contributed by atoms with Gasteiger partial charge in [0, 0.05) is 19.0 Å². The van der Waals surface area contributed by atoms with Crippen LogP contribution in [0.25, 0.3) is 0 Å². The molecule has 7 nitrogen and oxygen atoms in total. The number of anilines is 2. The molecule has 0 spiro atoms. The van der Waals surface area contributed by atoms with Gasteiger partial charge in [-0.1, -0.05) is 23.7 Å². The maximum atomic E-state index is 12.7. The Morgan fingerprint density at radius 1 is 1.17 bits per heavy atom. The van der Waals surface area contributed by atoms with Gasteiger partial charge < -0.3 is 24.4 Å². The van der Waals surface area contributed by atoms with E-state index in [1.807, 2.05) is 0 Å². The van der Waals surface area contributed by atoms with Gasteiger partial charge in [0.05, 0.1) is 36.5 Å². The Balaban J connectivity index is 1.78. The van der Waals surface area contributed by atoms with E-state index >= 15 is 0 Å². The number of benzene rings is 2. The minimum absolute atomic E-state index is 0.0590. The van der Waals surface area contributed by atoms with Crippen LogP contribution in [0, 0.1) is 5.92 Å². The first-order chi connectivity index (χ1) is 14.3. The zero-order valence-corrected chi connectivity index (χ0v) is 16.9. The number of methoxy groups -OCH3 is 2. The average Bonchev–Trinajstić information content (AvgIpc) is 3.10. The average molecular weight is 441 g/mol. The number of rotatable bonds is 7. The summed E-state index contributed by atoms with van der Waals surface area (Å²) in [6.45, 7) is -2.96. The van der Waals surface area contributed by atoms with Gasteiger partial charge >= 0.3 is 6.61 Å². The maximum Gasteiger partial charge on any atom is 0.387 e. The molecule has 2 amide bonds. The highest BCUT2D eigenvalue weighted by Gasteiger charge is 2.37. The van der Waals surface area contributed by atoms with Crippen molar-refractivity contribution in [1.29, 1.82) is 0 Å². The van der Waals surface area contributed by atoms with Crippen molar-refractivity contribution in [1.82, 2.24) is 0 Å². The quantitative estimate of drug-likeness (QED) is 0.705. The predicted octanol–water partition coefficient (Wildman–Crippen LogP) is 3.95. The van der Waals surface area contributed by atoms with Crippen molar-refractivity contribution in [2.45, 2.75) is 13.0 Å². The van der Waals surface area contributed by atoms with Crippen LogP contribution >= 0.6 is 11.6 Å². The van der Waals surface area contributed by atoms with Crippen LogP contribution in [-0.4, -0.2) is 39.2 Å². The van der Waals surface area contributed by atoms with Gasteiger partial charge in [-0.05, 0) is 18.2 Å². The third-order valence-corrected chi connectivity index (χ3v) is 4.90. The Labute approximate surface area is 176 Å². The van der Waals surface area contributed by atoms with E-state index in [4.69, 9.17) is 21.1 Å². The number of hydrogen-bond donors (Lipinski definition) is 1. The highest BCUT2D eigenvalue weighted by atomic mass is 35.5. The van der Waals surface area contributed by atoms with Crippen LogP contribution in [0.15, 0.2) is 36.4 Å². The summed E-state index contributed by atoms with van der Waals surface area (Å²) in [6.07, 6.45) is -0.0590. The number of halogens is 3. The Morgan fingerprint density at radius 2 is 1.87 bits per heavy atom. The molecule has 0 bridgehead atoms. The van der Waals surface area contributed by atoms with Crippen molar-refractivity contribution in [2.75, 3.05) is 31.0 Å². The molecule has 0 radical (unpaired) electrons. The summed E-state index contributed by atoms with van der Waals surface area (Å²) in [6, 6.07) is 8.92. The van der Waals surface area contributed by atoms with E-state index in [9.17, 15) is 18.4 Å². The summed E-state index contributed by atoms with van der Waals surface area (Å²) in [5, 5.41) is 2.84. The smallest absolute Gasteiger partial charge is 0.387 e. The van der Waals surface area contributed by atoms with Crippen LogP contribution in [0.2, 0.25) is 5.02 Å². The molecule has 0 aromatic heterocycles. The van der Waals surface area contributed by atoms with Crippen molar-refractivity contribution in [2.24, 2.45) is 5.92 Å². The molecule has 30 heavy (non-hydrogen) atoms. The van der Waals surface area contributed by atoms with E-state index in [0.717, 1.165) is 0 Å². The van der Waals surface area contributed by atoms with Gasteiger partial charge in [-0.15, -0.1) is 0 Å².